The molecule has 148 valence electrons. The third kappa shape index (κ3) is 7.32. The average Bonchev–Trinajstić information content (AvgIpc) is 2.68. The van der Waals surface area contributed by atoms with Crippen molar-refractivity contribution in [1.82, 2.24) is 0 Å². The van der Waals surface area contributed by atoms with Crippen LogP contribution in [0, 0.1) is 0 Å². The molecule has 0 unspecified atom stereocenters. The monoisotopic (exact) mass is 466 g/mol. The number of aryl methyl sites for hydroxylation is 1. The van der Waals surface area contributed by atoms with Gasteiger partial charge in [-0.2, -0.15) is 0 Å². The first-order chi connectivity index (χ1) is 13.4. The molecule has 0 aromatic heterocycles. The van der Waals surface area contributed by atoms with Crippen molar-refractivity contribution in [1.29, 1.82) is 0 Å². The zero-order chi connectivity index (χ0) is 20.5. The molecule has 2 aromatic carbocycles. The summed E-state index contributed by atoms with van der Waals surface area (Å²) in [4.78, 5) is 35.6. The fraction of sp³-hybridized carbons (Fsp3) is 0.250. The van der Waals surface area contributed by atoms with E-state index < -0.39 is 18.5 Å². The molecule has 0 radical (unpaired) electrons. The van der Waals surface area contributed by atoms with Crippen LogP contribution in [0.15, 0.2) is 46.9 Å². The van der Waals surface area contributed by atoms with E-state index in [-0.39, 0.29) is 18.7 Å². The molecule has 2 N–H and O–H groups in total. The van der Waals surface area contributed by atoms with Gasteiger partial charge in [0.2, 0.25) is 5.91 Å². The van der Waals surface area contributed by atoms with Gasteiger partial charge < -0.3 is 15.4 Å². The van der Waals surface area contributed by atoms with E-state index in [2.05, 4.69) is 26.6 Å². The molecule has 0 heterocycles. The van der Waals surface area contributed by atoms with E-state index in [4.69, 9.17) is 16.3 Å². The number of carbonyl (C=O) groups excluding carboxylic acids is 3. The van der Waals surface area contributed by atoms with Crippen LogP contribution in [0.1, 0.15) is 25.3 Å². The number of nitrogens with one attached hydrogen (secondary N) is 2. The van der Waals surface area contributed by atoms with E-state index in [1.54, 1.807) is 30.3 Å². The molecular formula is C20H20BrClN2O4. The molecule has 2 aromatic rings. The maximum Gasteiger partial charge on any atom is 0.306 e. The molecule has 0 aliphatic rings. The Kier molecular flexibility index (Phi) is 8.47. The van der Waals surface area contributed by atoms with Crippen LogP contribution in [0.5, 0.6) is 0 Å². The summed E-state index contributed by atoms with van der Waals surface area (Å²) in [7, 11) is 0. The van der Waals surface area contributed by atoms with Crippen molar-refractivity contribution in [3.05, 3.63) is 57.5 Å². The summed E-state index contributed by atoms with van der Waals surface area (Å²) >= 11 is 9.16. The third-order valence-electron chi connectivity index (χ3n) is 3.77. The van der Waals surface area contributed by atoms with E-state index in [1.807, 2.05) is 19.1 Å². The van der Waals surface area contributed by atoms with Gasteiger partial charge in [-0.15, -0.1) is 0 Å². The zero-order valence-corrected chi connectivity index (χ0v) is 17.6. The Morgan fingerprint density at radius 3 is 2.39 bits per heavy atom. The molecular weight excluding hydrogens is 448 g/mol. The largest absolute Gasteiger partial charge is 0.456 e. The number of rotatable bonds is 8. The molecule has 0 saturated carbocycles. The number of halogens is 2. The summed E-state index contributed by atoms with van der Waals surface area (Å²) in [6.45, 7) is 1.57. The van der Waals surface area contributed by atoms with Gasteiger partial charge in [0.05, 0.1) is 6.42 Å². The highest BCUT2D eigenvalue weighted by Gasteiger charge is 2.12. The molecule has 0 aliphatic carbocycles. The minimum absolute atomic E-state index is 0.0459. The van der Waals surface area contributed by atoms with Gasteiger partial charge in [-0.1, -0.05) is 34.5 Å². The molecule has 6 nitrogen and oxygen atoms in total. The second kappa shape index (κ2) is 10.8. The summed E-state index contributed by atoms with van der Waals surface area (Å²) in [6, 6.07) is 12.1. The Labute approximate surface area is 176 Å². The maximum absolute atomic E-state index is 12.0. The molecule has 0 atom stereocenters. The lowest BCUT2D eigenvalue weighted by Crippen LogP contribution is -2.22. The van der Waals surface area contributed by atoms with Crippen LogP contribution in [0.4, 0.5) is 11.4 Å². The molecule has 28 heavy (non-hydrogen) atoms. The number of benzene rings is 2. The number of hydrogen-bond acceptors (Lipinski definition) is 4. The lowest BCUT2D eigenvalue weighted by molar-refractivity contribution is -0.147. The average molecular weight is 468 g/mol. The maximum atomic E-state index is 12.0. The molecule has 0 aliphatic heterocycles. The van der Waals surface area contributed by atoms with Gasteiger partial charge >= 0.3 is 5.97 Å². The van der Waals surface area contributed by atoms with E-state index in [1.165, 1.54) is 0 Å². The van der Waals surface area contributed by atoms with Crippen LogP contribution < -0.4 is 10.6 Å². The van der Waals surface area contributed by atoms with Crippen LogP contribution in [-0.2, 0) is 25.5 Å². The predicted molar refractivity (Wildman–Crippen MR) is 112 cm³/mol. The van der Waals surface area contributed by atoms with Gasteiger partial charge in [0.15, 0.2) is 6.61 Å². The van der Waals surface area contributed by atoms with Crippen LogP contribution in [0.25, 0.3) is 0 Å². The van der Waals surface area contributed by atoms with Gasteiger partial charge in [-0.3, -0.25) is 14.4 Å². The number of amides is 2. The Hall–Kier alpha value is -2.38. The highest BCUT2D eigenvalue weighted by molar-refractivity contribution is 9.10. The fourth-order valence-electron chi connectivity index (χ4n) is 2.35. The minimum Gasteiger partial charge on any atom is -0.456 e. The van der Waals surface area contributed by atoms with Crippen molar-refractivity contribution >= 4 is 56.7 Å². The van der Waals surface area contributed by atoms with Crippen LogP contribution in [0.3, 0.4) is 0 Å². The Bertz CT molecular complexity index is 856. The number of hydrogen-bond donors (Lipinski definition) is 2. The number of anilines is 2. The summed E-state index contributed by atoms with van der Waals surface area (Å²) in [6.07, 6.45) is 0.582. The third-order valence-corrected chi connectivity index (χ3v) is 4.52. The number of ether oxygens (including phenoxy) is 1. The van der Waals surface area contributed by atoms with Crippen molar-refractivity contribution in [3.8, 4) is 0 Å². The van der Waals surface area contributed by atoms with Crippen molar-refractivity contribution < 1.29 is 19.1 Å². The van der Waals surface area contributed by atoms with Gasteiger partial charge in [0.25, 0.3) is 5.91 Å². The van der Waals surface area contributed by atoms with Crippen LogP contribution in [-0.4, -0.2) is 24.4 Å². The molecule has 0 saturated heterocycles. The quantitative estimate of drug-likeness (QED) is 0.557. The molecule has 0 bridgehead atoms. The molecule has 0 spiro atoms. The lowest BCUT2D eigenvalue weighted by atomic mass is 10.1. The fourth-order valence-corrected chi connectivity index (χ4v) is 2.89. The first kappa shape index (κ1) is 21.9. The lowest BCUT2D eigenvalue weighted by Gasteiger charge is -2.11. The smallest absolute Gasteiger partial charge is 0.306 e. The summed E-state index contributed by atoms with van der Waals surface area (Å²) in [5.41, 5.74) is 2.23. The highest BCUT2D eigenvalue weighted by atomic mass is 79.9. The Morgan fingerprint density at radius 1 is 1.00 bits per heavy atom. The normalized spacial score (nSPS) is 10.2. The molecule has 0 fully saturated rings. The first-order valence-corrected chi connectivity index (χ1v) is 9.83. The van der Waals surface area contributed by atoms with Crippen molar-refractivity contribution in [2.24, 2.45) is 0 Å². The minimum atomic E-state index is -0.618. The second-order valence-electron chi connectivity index (χ2n) is 5.92. The summed E-state index contributed by atoms with van der Waals surface area (Å²) < 4.78 is 5.85. The Balaban J connectivity index is 1.72. The molecule has 2 rings (SSSR count). The molecule has 8 heteroatoms. The van der Waals surface area contributed by atoms with Crippen LogP contribution >= 0.6 is 27.5 Å². The number of esters is 1. The SMILES string of the molecule is CCc1cc(Br)ccc1NC(=O)COC(=O)CCC(=O)Nc1ccc(Cl)cc1. The first-order valence-electron chi connectivity index (χ1n) is 8.66. The topological polar surface area (TPSA) is 84.5 Å². The van der Waals surface area contributed by atoms with Gasteiger partial charge in [-0.05, 0) is 54.4 Å². The van der Waals surface area contributed by atoms with E-state index in [0.717, 1.165) is 16.5 Å². The summed E-state index contributed by atoms with van der Waals surface area (Å²) in [5, 5.41) is 5.93. The van der Waals surface area contributed by atoms with Crippen LogP contribution in [0.2, 0.25) is 5.02 Å². The van der Waals surface area contributed by atoms with Crippen molar-refractivity contribution in [2.75, 3.05) is 17.2 Å². The van der Waals surface area contributed by atoms with Crippen molar-refractivity contribution in [3.63, 3.8) is 0 Å². The standard InChI is InChI=1S/C20H20BrClN2O4/c1-2-13-11-14(21)3-8-17(13)24-19(26)12-28-20(27)10-9-18(25)23-16-6-4-15(22)5-7-16/h3-8,11H,2,9-10,12H2,1H3,(H,23,25)(H,24,26). The summed E-state index contributed by atoms with van der Waals surface area (Å²) in [5.74, 6) is -1.38. The van der Waals surface area contributed by atoms with Gasteiger partial charge in [-0.25, -0.2) is 0 Å². The van der Waals surface area contributed by atoms with E-state index in [9.17, 15) is 14.4 Å². The Morgan fingerprint density at radius 2 is 1.71 bits per heavy atom. The molecule has 2 amide bonds. The zero-order valence-electron chi connectivity index (χ0n) is 15.3. The second-order valence-corrected chi connectivity index (χ2v) is 7.27. The number of carbonyl (C=O) groups is 3. The van der Waals surface area contributed by atoms with E-state index >= 15 is 0 Å². The predicted octanol–water partition coefficient (Wildman–Crippen LogP) is 4.57. The van der Waals surface area contributed by atoms with Gasteiger partial charge in [0, 0.05) is 27.3 Å². The van der Waals surface area contributed by atoms with Gasteiger partial charge in [0.1, 0.15) is 0 Å². The van der Waals surface area contributed by atoms with Crippen molar-refractivity contribution in [2.45, 2.75) is 26.2 Å². The van der Waals surface area contributed by atoms with E-state index in [0.29, 0.717) is 16.4 Å². The highest BCUT2D eigenvalue weighted by Crippen LogP contribution is 2.21.